The number of nitrogens with two attached hydrogens (primary N) is 1. The van der Waals surface area contributed by atoms with E-state index in [9.17, 15) is 5.11 Å². The number of aliphatic hydroxyl groups is 1. The summed E-state index contributed by atoms with van der Waals surface area (Å²) in [4.78, 5) is 4.02. The summed E-state index contributed by atoms with van der Waals surface area (Å²) in [5.74, 6) is 0.597. The molecule has 1 heterocycles. The van der Waals surface area contributed by atoms with E-state index in [0.29, 0.717) is 22.6 Å². The molecule has 4 nitrogen and oxygen atoms in total. The number of aliphatic hydroxyl groups excluding tert-OH is 1. The molecule has 0 saturated carbocycles. The molecule has 0 radical (unpaired) electrons. The lowest BCUT2D eigenvalue weighted by Crippen LogP contribution is -2.04. The molecule has 0 aliphatic rings. The fraction of sp³-hybridized carbons (Fsp3) is 0.154. The quantitative estimate of drug-likeness (QED) is 0.855. The van der Waals surface area contributed by atoms with Gasteiger partial charge in [-0.05, 0) is 24.3 Å². The lowest BCUT2D eigenvalue weighted by Gasteiger charge is -2.14. The van der Waals surface area contributed by atoms with E-state index in [2.05, 4.69) is 20.9 Å². The predicted octanol–water partition coefficient (Wildman–Crippen LogP) is 2.52. The molecular formula is C13H13BrN2O2. The minimum atomic E-state index is -0.829. The minimum absolute atomic E-state index is 0.536. The molecule has 0 bridgehead atoms. The molecule has 94 valence electrons. The molecule has 3 N–H and O–H groups in total. The van der Waals surface area contributed by atoms with Gasteiger partial charge in [0.2, 0.25) is 0 Å². The molecular weight excluding hydrogens is 296 g/mol. The van der Waals surface area contributed by atoms with E-state index in [1.807, 2.05) is 6.07 Å². The molecule has 0 amide bonds. The van der Waals surface area contributed by atoms with E-state index in [0.717, 1.165) is 4.47 Å². The molecule has 1 aromatic heterocycles. The van der Waals surface area contributed by atoms with Crippen LogP contribution >= 0.6 is 15.9 Å². The first-order valence-corrected chi connectivity index (χ1v) is 6.13. The molecule has 5 heteroatoms. The van der Waals surface area contributed by atoms with Crippen molar-refractivity contribution < 1.29 is 9.84 Å². The Morgan fingerprint density at radius 2 is 2.11 bits per heavy atom. The Hall–Kier alpha value is -1.59. The largest absolute Gasteiger partial charge is 0.495 e. The molecule has 0 saturated heterocycles. The Morgan fingerprint density at radius 3 is 2.83 bits per heavy atom. The van der Waals surface area contributed by atoms with Crippen LogP contribution in [0.5, 0.6) is 5.75 Å². The van der Waals surface area contributed by atoms with Gasteiger partial charge in [-0.25, -0.2) is 0 Å². The van der Waals surface area contributed by atoms with Crippen molar-refractivity contribution in [3.8, 4) is 5.75 Å². The molecule has 18 heavy (non-hydrogen) atoms. The summed E-state index contributed by atoms with van der Waals surface area (Å²) in [6, 6.07) is 7.10. The lowest BCUT2D eigenvalue weighted by atomic mass is 10.0. The monoisotopic (exact) mass is 308 g/mol. The molecule has 1 atom stereocenters. The van der Waals surface area contributed by atoms with Gasteiger partial charge in [0.05, 0.1) is 13.3 Å². The first-order valence-electron chi connectivity index (χ1n) is 5.33. The van der Waals surface area contributed by atoms with Crippen LogP contribution in [0.2, 0.25) is 0 Å². The average molecular weight is 309 g/mol. The summed E-state index contributed by atoms with van der Waals surface area (Å²) in [7, 11) is 1.56. The maximum Gasteiger partial charge on any atom is 0.137 e. The fourth-order valence-electron chi connectivity index (χ4n) is 1.66. The summed E-state index contributed by atoms with van der Waals surface area (Å²) >= 11 is 3.36. The summed E-state index contributed by atoms with van der Waals surface area (Å²) in [5, 5.41) is 10.3. The Bertz CT molecular complexity index is 560. The van der Waals surface area contributed by atoms with Crippen LogP contribution in [-0.2, 0) is 0 Å². The van der Waals surface area contributed by atoms with Gasteiger partial charge in [-0.3, -0.25) is 4.98 Å². The van der Waals surface area contributed by atoms with Crippen molar-refractivity contribution in [3.05, 3.63) is 52.3 Å². The summed E-state index contributed by atoms with van der Waals surface area (Å²) in [6.45, 7) is 0. The van der Waals surface area contributed by atoms with Gasteiger partial charge in [-0.15, -0.1) is 0 Å². The van der Waals surface area contributed by atoms with Crippen LogP contribution in [0, 0.1) is 0 Å². The lowest BCUT2D eigenvalue weighted by molar-refractivity contribution is 0.220. The number of ether oxygens (including phenoxy) is 1. The van der Waals surface area contributed by atoms with Crippen LogP contribution in [0.25, 0.3) is 0 Å². The van der Waals surface area contributed by atoms with Crippen LogP contribution in [0.4, 0.5) is 5.69 Å². The van der Waals surface area contributed by atoms with Crippen LogP contribution in [0.3, 0.4) is 0 Å². The van der Waals surface area contributed by atoms with Crippen LogP contribution in [-0.4, -0.2) is 17.2 Å². The van der Waals surface area contributed by atoms with E-state index in [1.165, 1.54) is 0 Å². The second-order valence-electron chi connectivity index (χ2n) is 3.83. The normalized spacial score (nSPS) is 12.2. The number of halogens is 1. The van der Waals surface area contributed by atoms with Crippen molar-refractivity contribution >= 4 is 21.6 Å². The highest BCUT2D eigenvalue weighted by Gasteiger charge is 2.15. The van der Waals surface area contributed by atoms with Crippen molar-refractivity contribution in [1.29, 1.82) is 0 Å². The number of benzene rings is 1. The average Bonchev–Trinajstić information content (AvgIpc) is 2.41. The number of nitrogen functional groups attached to an aromatic ring is 1. The number of hydrogen-bond donors (Lipinski definition) is 2. The second-order valence-corrected chi connectivity index (χ2v) is 4.75. The molecule has 0 aliphatic heterocycles. The highest BCUT2D eigenvalue weighted by atomic mass is 79.9. The molecule has 0 aliphatic carbocycles. The topological polar surface area (TPSA) is 68.4 Å². The molecule has 2 rings (SSSR count). The number of aromatic nitrogens is 1. The van der Waals surface area contributed by atoms with Gasteiger partial charge in [0.15, 0.2) is 0 Å². The van der Waals surface area contributed by atoms with Crippen molar-refractivity contribution in [2.75, 3.05) is 12.8 Å². The van der Waals surface area contributed by atoms with E-state index in [1.54, 1.807) is 37.7 Å². The zero-order chi connectivity index (χ0) is 13.1. The van der Waals surface area contributed by atoms with E-state index in [-0.39, 0.29) is 0 Å². The van der Waals surface area contributed by atoms with E-state index >= 15 is 0 Å². The van der Waals surface area contributed by atoms with E-state index in [4.69, 9.17) is 10.5 Å². The van der Waals surface area contributed by atoms with Gasteiger partial charge < -0.3 is 15.6 Å². The maximum absolute atomic E-state index is 10.3. The van der Waals surface area contributed by atoms with Crippen molar-refractivity contribution in [2.45, 2.75) is 6.10 Å². The number of pyridine rings is 1. The SMILES string of the molecule is COc1cncc(C(O)c2cc(Br)ccc2N)c1. The molecule has 0 fully saturated rings. The van der Waals surface area contributed by atoms with Crippen molar-refractivity contribution in [2.24, 2.45) is 0 Å². The van der Waals surface area contributed by atoms with E-state index < -0.39 is 6.10 Å². The standard InChI is InChI=1S/C13H13BrN2O2/c1-18-10-4-8(6-16-7-10)13(17)11-5-9(14)2-3-12(11)15/h2-7,13,17H,15H2,1H3. The third-order valence-electron chi connectivity index (χ3n) is 2.63. The van der Waals surface area contributed by atoms with Gasteiger partial charge in [0.1, 0.15) is 11.9 Å². The highest BCUT2D eigenvalue weighted by Crippen LogP contribution is 2.30. The number of methoxy groups -OCH3 is 1. The minimum Gasteiger partial charge on any atom is -0.495 e. The summed E-state index contributed by atoms with van der Waals surface area (Å²) in [6.07, 6.45) is 2.35. The summed E-state index contributed by atoms with van der Waals surface area (Å²) < 4.78 is 5.94. The first kappa shape index (κ1) is 12.9. The van der Waals surface area contributed by atoms with Gasteiger partial charge in [0.25, 0.3) is 0 Å². The Balaban J connectivity index is 2.40. The van der Waals surface area contributed by atoms with Gasteiger partial charge >= 0.3 is 0 Å². The second kappa shape index (κ2) is 5.37. The summed E-state index contributed by atoms with van der Waals surface area (Å²) in [5.41, 5.74) is 7.68. The Kier molecular flexibility index (Phi) is 3.84. The molecule has 2 aromatic rings. The fourth-order valence-corrected chi connectivity index (χ4v) is 2.04. The predicted molar refractivity (Wildman–Crippen MR) is 73.4 cm³/mol. The van der Waals surface area contributed by atoms with Crippen molar-refractivity contribution in [1.82, 2.24) is 4.98 Å². The third-order valence-corrected chi connectivity index (χ3v) is 3.12. The zero-order valence-electron chi connectivity index (χ0n) is 9.80. The van der Waals surface area contributed by atoms with Crippen LogP contribution < -0.4 is 10.5 Å². The number of nitrogens with zero attached hydrogens (tertiary/aromatic N) is 1. The molecule has 0 spiro atoms. The van der Waals surface area contributed by atoms with Gasteiger partial charge in [-0.2, -0.15) is 0 Å². The highest BCUT2D eigenvalue weighted by molar-refractivity contribution is 9.10. The third kappa shape index (κ3) is 2.63. The van der Waals surface area contributed by atoms with Crippen molar-refractivity contribution in [3.63, 3.8) is 0 Å². The number of anilines is 1. The zero-order valence-corrected chi connectivity index (χ0v) is 11.4. The Labute approximate surface area is 114 Å². The van der Waals surface area contributed by atoms with Gasteiger partial charge in [-0.1, -0.05) is 15.9 Å². The van der Waals surface area contributed by atoms with Crippen LogP contribution in [0.1, 0.15) is 17.2 Å². The maximum atomic E-state index is 10.3. The number of rotatable bonds is 3. The van der Waals surface area contributed by atoms with Crippen LogP contribution in [0.15, 0.2) is 41.1 Å². The number of hydrogen-bond acceptors (Lipinski definition) is 4. The smallest absolute Gasteiger partial charge is 0.137 e. The molecule has 1 unspecified atom stereocenters. The molecule has 1 aromatic carbocycles. The Morgan fingerprint density at radius 1 is 1.33 bits per heavy atom. The first-order chi connectivity index (χ1) is 8.61. The van der Waals surface area contributed by atoms with Gasteiger partial charge in [0, 0.05) is 27.5 Å².